The summed E-state index contributed by atoms with van der Waals surface area (Å²) >= 11 is 4.65. The smallest absolute Gasteiger partial charge is 0.153 e. The zero-order valence-corrected chi connectivity index (χ0v) is 12.3. The Balaban J connectivity index is 2.49. The molecule has 0 aliphatic heterocycles. The highest BCUT2D eigenvalue weighted by Crippen LogP contribution is 2.35. The van der Waals surface area contributed by atoms with Crippen LogP contribution in [0.1, 0.15) is 28.7 Å². The summed E-state index contributed by atoms with van der Waals surface area (Å²) in [5.41, 5.74) is 0.309. The van der Waals surface area contributed by atoms with E-state index in [0.29, 0.717) is 5.56 Å². The van der Waals surface area contributed by atoms with Gasteiger partial charge in [0, 0.05) is 0 Å². The van der Waals surface area contributed by atoms with Crippen molar-refractivity contribution in [2.75, 3.05) is 0 Å². The maximum absolute atomic E-state index is 13.9. The van der Waals surface area contributed by atoms with Crippen molar-refractivity contribution in [3.8, 4) is 10.6 Å². The summed E-state index contributed by atoms with van der Waals surface area (Å²) in [5.74, 6) is -1.18. The van der Waals surface area contributed by atoms with Gasteiger partial charge in [-0.3, -0.25) is 0 Å². The van der Waals surface area contributed by atoms with Crippen molar-refractivity contribution in [1.82, 2.24) is 10.2 Å². The van der Waals surface area contributed by atoms with Crippen molar-refractivity contribution >= 4 is 27.3 Å². The van der Waals surface area contributed by atoms with Gasteiger partial charge in [-0.25, -0.2) is 8.78 Å². The van der Waals surface area contributed by atoms with Crippen LogP contribution in [0.25, 0.3) is 10.6 Å². The van der Waals surface area contributed by atoms with Crippen molar-refractivity contribution < 1.29 is 8.78 Å². The Morgan fingerprint density at radius 1 is 1.33 bits per heavy atom. The Kier molecular flexibility index (Phi) is 4.07. The molecule has 0 saturated heterocycles. The molecule has 2 aromatic rings. The fraction of sp³-hybridized carbons (Fsp3) is 0.333. The van der Waals surface area contributed by atoms with E-state index in [2.05, 4.69) is 26.1 Å². The van der Waals surface area contributed by atoms with Crippen LogP contribution in [-0.4, -0.2) is 10.2 Å². The van der Waals surface area contributed by atoms with Crippen molar-refractivity contribution in [3.05, 3.63) is 34.3 Å². The molecule has 0 amide bonds. The van der Waals surface area contributed by atoms with Gasteiger partial charge in [0.05, 0.1) is 10.4 Å². The quantitative estimate of drug-likeness (QED) is 0.765. The van der Waals surface area contributed by atoms with Gasteiger partial charge in [0.2, 0.25) is 0 Å². The number of hydrogen-bond donors (Lipinski definition) is 0. The molecule has 18 heavy (non-hydrogen) atoms. The van der Waals surface area contributed by atoms with Crippen molar-refractivity contribution in [3.63, 3.8) is 0 Å². The van der Waals surface area contributed by atoms with Gasteiger partial charge in [0.1, 0.15) is 16.6 Å². The van der Waals surface area contributed by atoms with Gasteiger partial charge < -0.3 is 0 Å². The standard InChI is InChI=1S/C12H11BrF2N2S/c1-3-7(13)11-16-17-12(18-11)9-8(14)5-4-6(2)10(9)15/h4-5,7H,3H2,1-2H3. The van der Waals surface area contributed by atoms with Crippen molar-refractivity contribution in [2.24, 2.45) is 0 Å². The van der Waals surface area contributed by atoms with Crippen LogP contribution in [-0.2, 0) is 0 Å². The lowest BCUT2D eigenvalue weighted by atomic mass is 10.1. The van der Waals surface area contributed by atoms with Gasteiger partial charge in [-0.15, -0.1) is 10.2 Å². The van der Waals surface area contributed by atoms with Crippen LogP contribution in [0.5, 0.6) is 0 Å². The van der Waals surface area contributed by atoms with E-state index in [1.54, 1.807) is 6.92 Å². The summed E-state index contributed by atoms with van der Waals surface area (Å²) in [7, 11) is 0. The highest BCUT2D eigenvalue weighted by molar-refractivity contribution is 9.09. The molecule has 0 bridgehead atoms. The molecule has 0 aliphatic rings. The van der Waals surface area contributed by atoms with Crippen LogP contribution in [0.2, 0.25) is 0 Å². The number of nitrogens with zero attached hydrogens (tertiary/aromatic N) is 2. The lowest BCUT2D eigenvalue weighted by Gasteiger charge is -2.03. The van der Waals surface area contributed by atoms with Crippen molar-refractivity contribution in [1.29, 1.82) is 0 Å². The number of alkyl halides is 1. The zero-order valence-electron chi connectivity index (χ0n) is 9.88. The molecule has 2 rings (SSSR count). The first kappa shape index (κ1) is 13.5. The lowest BCUT2D eigenvalue weighted by Crippen LogP contribution is -1.92. The topological polar surface area (TPSA) is 25.8 Å². The predicted octanol–water partition coefficient (Wildman–Crippen LogP) is 4.64. The molecule has 0 spiro atoms. The Morgan fingerprint density at radius 3 is 2.72 bits per heavy atom. The first-order valence-electron chi connectivity index (χ1n) is 5.47. The number of rotatable bonds is 3. The summed E-state index contributed by atoms with van der Waals surface area (Å²) in [5, 5.41) is 8.85. The molecular formula is C12H11BrF2N2S. The predicted molar refractivity (Wildman–Crippen MR) is 72.0 cm³/mol. The Morgan fingerprint density at radius 2 is 2.06 bits per heavy atom. The van der Waals surface area contributed by atoms with E-state index in [0.717, 1.165) is 11.4 Å². The fourth-order valence-corrected chi connectivity index (χ4v) is 2.81. The van der Waals surface area contributed by atoms with Crippen LogP contribution in [0.4, 0.5) is 8.78 Å². The van der Waals surface area contributed by atoms with Gasteiger partial charge in [-0.05, 0) is 25.0 Å². The normalized spacial score (nSPS) is 12.7. The van der Waals surface area contributed by atoms with Gasteiger partial charge >= 0.3 is 0 Å². The zero-order chi connectivity index (χ0) is 13.3. The second kappa shape index (κ2) is 5.40. The van der Waals surface area contributed by atoms with Gasteiger partial charge in [-0.1, -0.05) is 40.3 Å². The molecule has 2 nitrogen and oxygen atoms in total. The molecular weight excluding hydrogens is 322 g/mol. The molecule has 1 aromatic heterocycles. The second-order valence-corrected chi connectivity index (χ2v) is 5.99. The number of halogens is 3. The third-order valence-electron chi connectivity index (χ3n) is 2.57. The largest absolute Gasteiger partial charge is 0.206 e. The summed E-state index contributed by atoms with van der Waals surface area (Å²) in [6.45, 7) is 3.59. The van der Waals surface area contributed by atoms with Crippen molar-refractivity contribution in [2.45, 2.75) is 25.1 Å². The summed E-state index contributed by atoms with van der Waals surface area (Å²) in [6.07, 6.45) is 0.841. The van der Waals surface area contributed by atoms with Crippen LogP contribution in [0, 0.1) is 18.6 Å². The number of benzene rings is 1. The molecule has 6 heteroatoms. The highest BCUT2D eigenvalue weighted by Gasteiger charge is 2.19. The molecule has 0 aliphatic carbocycles. The van der Waals surface area contributed by atoms with Crippen LogP contribution >= 0.6 is 27.3 Å². The number of hydrogen-bond acceptors (Lipinski definition) is 3. The summed E-state index contributed by atoms with van der Waals surface area (Å²) < 4.78 is 27.6. The Labute approximate surface area is 116 Å². The van der Waals surface area contributed by atoms with Crippen LogP contribution in [0.3, 0.4) is 0 Å². The number of aromatic nitrogens is 2. The Bertz CT molecular complexity index is 571. The van der Waals surface area contributed by atoms with E-state index >= 15 is 0 Å². The minimum absolute atomic E-state index is 0.0691. The second-order valence-electron chi connectivity index (χ2n) is 3.87. The van der Waals surface area contributed by atoms with E-state index in [9.17, 15) is 8.78 Å². The molecule has 0 radical (unpaired) electrons. The summed E-state index contributed by atoms with van der Waals surface area (Å²) in [4.78, 5) is 0.0691. The third kappa shape index (κ3) is 2.44. The maximum Gasteiger partial charge on any atom is 0.153 e. The fourth-order valence-electron chi connectivity index (χ4n) is 1.49. The third-order valence-corrected chi connectivity index (χ3v) is 5.00. The first-order valence-corrected chi connectivity index (χ1v) is 7.20. The average molecular weight is 333 g/mol. The monoisotopic (exact) mass is 332 g/mol. The molecule has 0 saturated carbocycles. The van der Waals surface area contributed by atoms with E-state index in [1.807, 2.05) is 6.92 Å². The molecule has 0 fully saturated rings. The number of aryl methyl sites for hydroxylation is 1. The molecule has 1 heterocycles. The minimum Gasteiger partial charge on any atom is -0.206 e. The van der Waals surface area contributed by atoms with Gasteiger partial charge in [-0.2, -0.15) is 0 Å². The molecule has 0 N–H and O–H groups in total. The Hall–Kier alpha value is -0.880. The van der Waals surface area contributed by atoms with E-state index in [4.69, 9.17) is 0 Å². The highest BCUT2D eigenvalue weighted by atomic mass is 79.9. The van der Waals surface area contributed by atoms with Crippen LogP contribution < -0.4 is 0 Å². The van der Waals surface area contributed by atoms with Gasteiger partial charge in [0.25, 0.3) is 0 Å². The maximum atomic E-state index is 13.9. The summed E-state index contributed by atoms with van der Waals surface area (Å²) in [6, 6.07) is 2.66. The van der Waals surface area contributed by atoms with Crippen LogP contribution in [0.15, 0.2) is 12.1 Å². The first-order chi connectivity index (χ1) is 8.54. The van der Waals surface area contributed by atoms with E-state index in [1.165, 1.54) is 23.5 Å². The minimum atomic E-state index is -0.608. The SMILES string of the molecule is CCC(Br)c1nnc(-c2c(F)ccc(C)c2F)s1. The van der Waals surface area contributed by atoms with E-state index < -0.39 is 11.6 Å². The lowest BCUT2D eigenvalue weighted by molar-refractivity contribution is 0.583. The molecule has 96 valence electrons. The molecule has 1 atom stereocenters. The van der Waals surface area contributed by atoms with Gasteiger partial charge in [0.15, 0.2) is 5.01 Å². The average Bonchev–Trinajstić information content (AvgIpc) is 2.83. The molecule has 1 aromatic carbocycles. The van der Waals surface area contributed by atoms with E-state index in [-0.39, 0.29) is 15.4 Å². The molecule has 1 unspecified atom stereocenters.